The number of H-pyrrole nitrogens is 1. The quantitative estimate of drug-likeness (QED) is 0.0278. The number of halogens is 7. The van der Waals surface area contributed by atoms with Crippen LogP contribution in [0.15, 0.2) is 61.0 Å². The number of aromatic amines is 1. The second kappa shape index (κ2) is 30.3. The third kappa shape index (κ3) is 21.5. The molecule has 3 fully saturated rings. The van der Waals surface area contributed by atoms with Gasteiger partial charge in [0.05, 0.1) is 43.2 Å². The number of pyridine rings is 3. The Morgan fingerprint density at radius 1 is 0.812 bits per heavy atom. The first-order valence-corrected chi connectivity index (χ1v) is 29.4. The van der Waals surface area contributed by atoms with Crippen molar-refractivity contribution in [3.8, 4) is 6.07 Å². The van der Waals surface area contributed by atoms with Gasteiger partial charge in [-0.1, -0.05) is 28.8 Å². The van der Waals surface area contributed by atoms with Crippen LogP contribution in [0.1, 0.15) is 93.7 Å². The number of hydrogen-bond acceptors (Lipinski definition) is 14. The molecule has 3 aromatic rings. The molecule has 20 nitrogen and oxygen atoms in total. The highest BCUT2D eigenvalue weighted by Gasteiger charge is 2.40. The summed E-state index contributed by atoms with van der Waals surface area (Å²) in [4.78, 5) is 74.3. The highest BCUT2D eigenvalue weighted by molar-refractivity contribution is 9.93. The number of aromatic nitrogens is 3. The van der Waals surface area contributed by atoms with E-state index in [1.165, 1.54) is 50.4 Å². The van der Waals surface area contributed by atoms with Gasteiger partial charge < -0.3 is 4.98 Å². The zero-order valence-electron chi connectivity index (χ0n) is 33.9. The summed E-state index contributed by atoms with van der Waals surface area (Å²) >= 11 is 21.8. The highest BCUT2D eigenvalue weighted by atomic mass is 80.0. The monoisotopic (exact) mass is 1350 g/mol. The van der Waals surface area contributed by atoms with Crippen molar-refractivity contribution in [2.45, 2.75) is 107 Å². The molecular weight excluding hydrogens is 1320 g/mol. The Labute approximate surface area is 426 Å². The fourth-order valence-electron chi connectivity index (χ4n) is 5.47. The van der Waals surface area contributed by atoms with Gasteiger partial charge in [0, 0.05) is 60.3 Å². The normalized spacial score (nSPS) is 15.7. The number of alkyl halides is 1. The minimum absolute atomic E-state index is 0.00708. The number of imide groups is 1. The van der Waals surface area contributed by atoms with E-state index in [2.05, 4.69) is 146 Å². The van der Waals surface area contributed by atoms with Crippen molar-refractivity contribution in [2.24, 2.45) is 10.2 Å². The number of aryl methyl sites for hydroxylation is 2. The number of carbonyl (C=O) groups excluding carboxylic acids is 2. The van der Waals surface area contributed by atoms with E-state index in [1.54, 1.807) is 6.92 Å². The maximum atomic E-state index is 10.7. The number of amides is 2. The predicted octanol–water partition coefficient (Wildman–Crippen LogP) is 13.4. The van der Waals surface area contributed by atoms with Gasteiger partial charge in [-0.3, -0.25) is 49.6 Å². The molecule has 2 aliphatic carbocycles. The lowest BCUT2D eigenvalue weighted by atomic mass is 9.84. The predicted molar refractivity (Wildman–Crippen MR) is 265 cm³/mol. The number of nitrogens with one attached hydrogen (secondary N) is 1. The van der Waals surface area contributed by atoms with Crippen molar-refractivity contribution in [1.82, 2.24) is 18.9 Å². The standard InChI is InChI=1S/C14H20N4.C6H4Br2N2O2.C6H5BrN2O2.C6H6N2O3.C4H4BrNO2.Br3P/c1-16-14(10-6-3-7-11-14)18-17-13(12-15)8-4-2-5-9-13;7-2-4-1-5(10(11)12)3-9-6(4)8;1-4-2-5(9(10)11)3-8-6(4)7;1-4-2-5(8(10)11)3-7-6(4)9;5-6-3(7)1-2-4(6)8;1-4(2)3/h2-11H2;1,3H,2H2;2-3H,1H3;2-3H,1H3,(H,7,9);1-2H2;. The summed E-state index contributed by atoms with van der Waals surface area (Å²) in [5, 5.41) is 49.3. The molecule has 0 aromatic carbocycles. The Morgan fingerprint density at radius 3 is 1.66 bits per heavy atom. The molecule has 2 amide bonds. The van der Waals surface area contributed by atoms with E-state index in [9.17, 15) is 50.0 Å². The third-order valence-corrected chi connectivity index (χ3v) is 11.9. The van der Waals surface area contributed by atoms with Crippen LogP contribution in [0.4, 0.5) is 17.1 Å². The largest absolute Gasteiger partial charge is 0.340 e. The molecule has 0 radical (unpaired) electrons. The number of hydrogen-bond donors (Lipinski definition) is 1. The van der Waals surface area contributed by atoms with Crippen LogP contribution < -0.4 is 5.56 Å². The average Bonchev–Trinajstić information content (AvgIpc) is 3.56. The lowest BCUT2D eigenvalue weighted by molar-refractivity contribution is -0.385. The van der Waals surface area contributed by atoms with E-state index in [-0.39, 0.29) is 38.5 Å². The second-order valence-electron chi connectivity index (χ2n) is 13.5. The Bertz CT molecular complexity index is 2210. The number of nitro groups is 3. The number of nitrogens with zero attached hydrogens (tertiary/aromatic N) is 10. The van der Waals surface area contributed by atoms with E-state index >= 15 is 0 Å². The van der Waals surface area contributed by atoms with Crippen molar-refractivity contribution < 1.29 is 24.4 Å². The molecule has 346 valence electrons. The highest BCUT2D eigenvalue weighted by Crippen LogP contribution is 2.59. The van der Waals surface area contributed by atoms with Crippen LogP contribution >= 0.6 is 114 Å². The fraction of sp³-hybridized carbons (Fsp3) is 0.472. The van der Waals surface area contributed by atoms with E-state index in [0.717, 1.165) is 72.6 Å². The van der Waals surface area contributed by atoms with Crippen molar-refractivity contribution >= 4 is 143 Å². The lowest BCUT2D eigenvalue weighted by Crippen LogP contribution is -2.30. The Kier molecular flexibility index (Phi) is 27.9. The summed E-state index contributed by atoms with van der Waals surface area (Å²) < 4.78 is 2.07. The summed E-state index contributed by atoms with van der Waals surface area (Å²) in [6.45, 7) is 10.6. The van der Waals surface area contributed by atoms with Crippen LogP contribution in [0.5, 0.6) is 0 Å². The van der Waals surface area contributed by atoms with Gasteiger partial charge in [0.15, 0.2) is 5.54 Å². The summed E-state index contributed by atoms with van der Waals surface area (Å²) in [7, 11) is 0. The van der Waals surface area contributed by atoms with E-state index in [4.69, 9.17) is 6.57 Å². The Hall–Kier alpha value is -3.04. The molecule has 3 aromatic heterocycles. The summed E-state index contributed by atoms with van der Waals surface area (Å²) in [5.74, 6) is -0.287. The molecule has 0 atom stereocenters. The number of rotatable bonds is 6. The minimum Gasteiger partial charge on any atom is -0.323 e. The minimum atomic E-state index is -0.653. The molecule has 1 aliphatic heterocycles. The zero-order valence-corrected chi connectivity index (χ0v) is 45.9. The summed E-state index contributed by atoms with van der Waals surface area (Å²) in [6, 6.07) is 6.52. The second-order valence-corrected chi connectivity index (χ2v) is 31.6. The maximum absolute atomic E-state index is 10.7. The van der Waals surface area contributed by atoms with Crippen LogP contribution in [0.3, 0.4) is 0 Å². The van der Waals surface area contributed by atoms with E-state index < -0.39 is 26.0 Å². The van der Waals surface area contributed by atoms with Crippen molar-refractivity contribution in [3.63, 3.8) is 0 Å². The molecular formula is C36H39Br7N11O9P. The van der Waals surface area contributed by atoms with Crippen LogP contribution in [0.2, 0.25) is 0 Å². The van der Waals surface area contributed by atoms with Crippen LogP contribution in [0.25, 0.3) is 4.85 Å². The molecule has 1 N–H and O–H groups in total. The first-order valence-electron chi connectivity index (χ1n) is 18.5. The molecule has 64 heavy (non-hydrogen) atoms. The maximum Gasteiger partial charge on any atom is 0.340 e. The third-order valence-electron chi connectivity index (χ3n) is 8.92. The Morgan fingerprint density at radius 2 is 1.27 bits per heavy atom. The Balaban J connectivity index is 0.000000401. The molecule has 1 saturated heterocycles. The van der Waals surface area contributed by atoms with Gasteiger partial charge in [0.1, 0.15) is 25.6 Å². The topological polar surface area (TPSA) is 278 Å². The molecule has 6 rings (SSSR count). The smallest absolute Gasteiger partial charge is 0.323 e. The van der Waals surface area contributed by atoms with E-state index in [0.29, 0.717) is 32.9 Å². The van der Waals surface area contributed by atoms with Gasteiger partial charge in [-0.2, -0.15) is 10.4 Å². The van der Waals surface area contributed by atoms with Gasteiger partial charge in [0.2, 0.25) is 11.8 Å². The molecule has 0 unspecified atom stereocenters. The summed E-state index contributed by atoms with van der Waals surface area (Å²) in [6.07, 6.45) is 14.0. The van der Waals surface area contributed by atoms with E-state index in [1.807, 2.05) is 0 Å². The van der Waals surface area contributed by atoms with Crippen molar-refractivity contribution in [3.05, 3.63) is 115 Å². The molecule has 4 heterocycles. The molecule has 3 aliphatic rings. The SMILES string of the molecule is BrP(Br)Br.Cc1cc([N+](=O)[O-])c[nH]c1=O.Cc1cc([N+](=O)[O-])cnc1Br.O=C1CCC(=O)N1Br.O=[N+]([O-])c1cnc(Br)c(CBr)c1.[C-]#[N+]C1(N=NC2(C#N)CCCCC2)CCCCC1. The fourth-order valence-corrected chi connectivity index (χ4v) is 7.20. The number of azo groups is 1. The van der Waals surface area contributed by atoms with Gasteiger partial charge in [0.25, 0.3) is 22.6 Å². The van der Waals surface area contributed by atoms with Crippen LogP contribution in [0, 0.1) is 62.1 Å². The lowest BCUT2D eigenvalue weighted by Gasteiger charge is -2.27. The number of nitriles is 1. The number of carbonyl (C=O) groups is 2. The van der Waals surface area contributed by atoms with Gasteiger partial charge in [-0.25, -0.2) is 20.5 Å². The molecule has 0 spiro atoms. The van der Waals surface area contributed by atoms with Gasteiger partial charge >= 0.3 is 5.66 Å². The zero-order chi connectivity index (χ0) is 48.6. The summed E-state index contributed by atoms with van der Waals surface area (Å²) in [5.41, 5.74) is 0.228. The first-order chi connectivity index (χ1) is 30.1. The molecule has 0 bridgehead atoms. The van der Waals surface area contributed by atoms with Crippen molar-refractivity contribution in [2.75, 3.05) is 0 Å². The van der Waals surface area contributed by atoms with Crippen molar-refractivity contribution in [1.29, 1.82) is 5.26 Å². The average molecular weight is 1360 g/mol. The van der Waals surface area contributed by atoms with Crippen LogP contribution in [-0.2, 0) is 14.9 Å². The first kappa shape index (κ1) is 59.0. The van der Waals surface area contributed by atoms with Gasteiger partial charge in [-0.05, 0) is 136 Å². The van der Waals surface area contributed by atoms with Gasteiger partial charge in [-0.15, -0.1) is 5.11 Å². The van der Waals surface area contributed by atoms with Crippen LogP contribution in [-0.4, -0.2) is 56.7 Å². The molecule has 2 saturated carbocycles. The molecule has 28 heteroatoms.